The number of aliphatic hydroxyl groups excluding tert-OH is 1. The van der Waals surface area contributed by atoms with E-state index < -0.39 is 11.7 Å². The second-order valence-corrected chi connectivity index (χ2v) is 6.68. The molecule has 5 heteroatoms. The van der Waals surface area contributed by atoms with Crippen LogP contribution in [0.3, 0.4) is 0 Å². The summed E-state index contributed by atoms with van der Waals surface area (Å²) >= 11 is 0. The van der Waals surface area contributed by atoms with Crippen molar-refractivity contribution >= 4 is 11.9 Å². The van der Waals surface area contributed by atoms with Gasteiger partial charge >= 0.3 is 6.09 Å². The van der Waals surface area contributed by atoms with Crippen LogP contribution in [0.5, 0.6) is 0 Å². The molecule has 2 N–H and O–H groups in total. The molecule has 1 heterocycles. The maximum absolute atomic E-state index is 11.7. The number of rotatable bonds is 3. The van der Waals surface area contributed by atoms with Crippen LogP contribution in [0.1, 0.15) is 45.7 Å². The molecule has 1 aliphatic rings. The van der Waals surface area contributed by atoms with Crippen molar-refractivity contribution in [2.45, 2.75) is 58.2 Å². The Balaban J connectivity index is 1.93. The van der Waals surface area contributed by atoms with Crippen molar-refractivity contribution in [3.63, 3.8) is 0 Å². The van der Waals surface area contributed by atoms with Crippen molar-refractivity contribution in [3.05, 3.63) is 23.9 Å². The van der Waals surface area contributed by atoms with Gasteiger partial charge in [-0.2, -0.15) is 0 Å². The number of carbonyl (C=O) groups is 1. The van der Waals surface area contributed by atoms with Crippen molar-refractivity contribution in [2.75, 3.05) is 5.32 Å². The molecule has 0 radical (unpaired) electrons. The Morgan fingerprint density at radius 2 is 2.19 bits per heavy atom. The number of nitrogens with zero attached hydrogens (tertiary/aromatic N) is 1. The number of hydrogen-bond acceptors (Lipinski definition) is 4. The SMILES string of the molecule is CC(C)(C)OC(=O)Nc1cccc(CC2CCC(O)C2)n1. The van der Waals surface area contributed by atoms with Crippen LogP contribution in [0.15, 0.2) is 18.2 Å². The van der Waals surface area contributed by atoms with Gasteiger partial charge in [-0.05, 0) is 64.5 Å². The van der Waals surface area contributed by atoms with E-state index in [2.05, 4.69) is 10.3 Å². The Hall–Kier alpha value is -1.62. The first-order valence-electron chi connectivity index (χ1n) is 7.46. The lowest BCUT2D eigenvalue weighted by Gasteiger charge is -2.19. The van der Waals surface area contributed by atoms with Gasteiger partial charge in [0.15, 0.2) is 0 Å². The van der Waals surface area contributed by atoms with Crippen LogP contribution in [-0.2, 0) is 11.2 Å². The molecule has 2 unspecified atom stereocenters. The normalized spacial score (nSPS) is 22.1. The van der Waals surface area contributed by atoms with Crippen molar-refractivity contribution in [3.8, 4) is 0 Å². The Morgan fingerprint density at radius 1 is 1.43 bits per heavy atom. The first-order valence-corrected chi connectivity index (χ1v) is 7.46. The predicted octanol–water partition coefficient (Wildman–Crippen LogP) is 3.13. The van der Waals surface area contributed by atoms with Gasteiger partial charge in [0.2, 0.25) is 0 Å². The first-order chi connectivity index (χ1) is 9.82. The lowest BCUT2D eigenvalue weighted by Crippen LogP contribution is -2.27. The second-order valence-electron chi connectivity index (χ2n) is 6.68. The number of anilines is 1. The molecule has 1 aromatic heterocycles. The Bertz CT molecular complexity index is 497. The summed E-state index contributed by atoms with van der Waals surface area (Å²) in [6, 6.07) is 5.57. The fourth-order valence-corrected chi connectivity index (χ4v) is 2.60. The fourth-order valence-electron chi connectivity index (χ4n) is 2.60. The third-order valence-corrected chi connectivity index (χ3v) is 3.45. The van der Waals surface area contributed by atoms with E-state index in [4.69, 9.17) is 4.74 Å². The van der Waals surface area contributed by atoms with E-state index in [0.29, 0.717) is 11.7 Å². The molecular formula is C16H24N2O3. The average Bonchev–Trinajstić information content (AvgIpc) is 2.72. The monoisotopic (exact) mass is 292 g/mol. The number of nitrogens with one attached hydrogen (secondary N) is 1. The summed E-state index contributed by atoms with van der Waals surface area (Å²) < 4.78 is 5.21. The van der Waals surface area contributed by atoms with Crippen LogP contribution in [-0.4, -0.2) is 27.9 Å². The highest BCUT2D eigenvalue weighted by atomic mass is 16.6. The number of carbonyl (C=O) groups excluding carboxylic acids is 1. The number of amides is 1. The van der Waals surface area contributed by atoms with Crippen molar-refractivity contribution in [2.24, 2.45) is 5.92 Å². The summed E-state index contributed by atoms with van der Waals surface area (Å²) in [5, 5.41) is 12.2. The van der Waals surface area contributed by atoms with Gasteiger partial charge in [0.25, 0.3) is 0 Å². The van der Waals surface area contributed by atoms with Gasteiger partial charge in [-0.25, -0.2) is 9.78 Å². The number of ether oxygens (including phenoxy) is 1. The van der Waals surface area contributed by atoms with Crippen LogP contribution in [0.4, 0.5) is 10.6 Å². The minimum atomic E-state index is -0.526. The van der Waals surface area contributed by atoms with Crippen molar-refractivity contribution in [1.29, 1.82) is 0 Å². The van der Waals surface area contributed by atoms with Crippen LogP contribution in [0.2, 0.25) is 0 Å². The van der Waals surface area contributed by atoms with Crippen molar-refractivity contribution in [1.82, 2.24) is 4.98 Å². The van der Waals surface area contributed by atoms with Gasteiger partial charge < -0.3 is 9.84 Å². The maximum atomic E-state index is 11.7. The van der Waals surface area contributed by atoms with E-state index in [-0.39, 0.29) is 6.10 Å². The standard InChI is InChI=1S/C16H24N2O3/c1-16(2,3)21-15(20)18-14-6-4-5-12(17-14)9-11-7-8-13(19)10-11/h4-6,11,13,19H,7-10H2,1-3H3,(H,17,18,20). The maximum Gasteiger partial charge on any atom is 0.413 e. The van der Waals surface area contributed by atoms with E-state index in [9.17, 15) is 9.90 Å². The lowest BCUT2D eigenvalue weighted by molar-refractivity contribution is 0.0635. The van der Waals surface area contributed by atoms with E-state index >= 15 is 0 Å². The molecule has 2 atom stereocenters. The highest BCUT2D eigenvalue weighted by Crippen LogP contribution is 2.28. The molecule has 5 nitrogen and oxygen atoms in total. The number of aromatic nitrogens is 1. The van der Waals surface area contributed by atoms with Crippen LogP contribution < -0.4 is 5.32 Å². The quantitative estimate of drug-likeness (QED) is 0.898. The molecule has 1 aromatic rings. The van der Waals surface area contributed by atoms with E-state index in [0.717, 1.165) is 31.4 Å². The molecule has 21 heavy (non-hydrogen) atoms. The van der Waals surface area contributed by atoms with E-state index in [1.165, 1.54) is 0 Å². The molecule has 0 spiro atoms. The van der Waals surface area contributed by atoms with Crippen molar-refractivity contribution < 1.29 is 14.6 Å². The Labute approximate surface area is 125 Å². The molecular weight excluding hydrogens is 268 g/mol. The molecule has 1 aliphatic carbocycles. The zero-order valence-corrected chi connectivity index (χ0v) is 12.9. The van der Waals surface area contributed by atoms with E-state index in [1.54, 1.807) is 6.07 Å². The van der Waals surface area contributed by atoms with Gasteiger partial charge in [-0.3, -0.25) is 5.32 Å². The highest BCUT2D eigenvalue weighted by molar-refractivity contribution is 5.83. The third-order valence-electron chi connectivity index (χ3n) is 3.45. The molecule has 1 saturated carbocycles. The molecule has 2 rings (SSSR count). The zero-order valence-electron chi connectivity index (χ0n) is 12.9. The minimum Gasteiger partial charge on any atom is -0.444 e. The molecule has 0 aromatic carbocycles. The number of hydrogen-bond donors (Lipinski definition) is 2. The molecule has 0 bridgehead atoms. The summed E-state index contributed by atoms with van der Waals surface area (Å²) in [4.78, 5) is 16.2. The van der Waals surface area contributed by atoms with Gasteiger partial charge in [0.05, 0.1) is 6.10 Å². The summed E-state index contributed by atoms with van der Waals surface area (Å²) in [6.07, 6.45) is 2.92. The number of aliphatic hydroxyl groups is 1. The third kappa shape index (κ3) is 5.34. The van der Waals surface area contributed by atoms with Gasteiger partial charge in [0.1, 0.15) is 11.4 Å². The van der Waals surface area contributed by atoms with Crippen LogP contribution in [0.25, 0.3) is 0 Å². The minimum absolute atomic E-state index is 0.168. The highest BCUT2D eigenvalue weighted by Gasteiger charge is 2.23. The fraction of sp³-hybridized carbons (Fsp3) is 0.625. The Kier molecular flexibility index (Phi) is 4.83. The topological polar surface area (TPSA) is 71.5 Å². The molecule has 1 fully saturated rings. The smallest absolute Gasteiger partial charge is 0.413 e. The lowest BCUT2D eigenvalue weighted by atomic mass is 10.0. The van der Waals surface area contributed by atoms with Crippen LogP contribution >= 0.6 is 0 Å². The summed E-state index contributed by atoms with van der Waals surface area (Å²) in [5.74, 6) is 0.976. The second kappa shape index (κ2) is 6.43. The molecule has 116 valence electrons. The summed E-state index contributed by atoms with van der Waals surface area (Å²) in [5.41, 5.74) is 0.407. The summed E-state index contributed by atoms with van der Waals surface area (Å²) in [7, 11) is 0. The predicted molar refractivity (Wildman–Crippen MR) is 81.1 cm³/mol. The van der Waals surface area contributed by atoms with Gasteiger partial charge in [-0.15, -0.1) is 0 Å². The van der Waals surface area contributed by atoms with E-state index in [1.807, 2.05) is 32.9 Å². The first kappa shape index (κ1) is 15.8. The zero-order chi connectivity index (χ0) is 15.5. The van der Waals surface area contributed by atoms with Gasteiger partial charge in [-0.1, -0.05) is 6.07 Å². The van der Waals surface area contributed by atoms with Gasteiger partial charge in [0, 0.05) is 5.69 Å². The molecule has 0 saturated heterocycles. The Morgan fingerprint density at radius 3 is 2.81 bits per heavy atom. The molecule has 0 aliphatic heterocycles. The largest absolute Gasteiger partial charge is 0.444 e. The van der Waals surface area contributed by atoms with Crippen LogP contribution in [0, 0.1) is 5.92 Å². The molecule has 1 amide bonds. The summed E-state index contributed by atoms with van der Waals surface area (Å²) in [6.45, 7) is 5.46. The number of pyridine rings is 1. The average molecular weight is 292 g/mol.